The molecular formula is C12H13. The summed E-state index contributed by atoms with van der Waals surface area (Å²) < 4.78 is 0. The second-order valence-electron chi connectivity index (χ2n) is 3.36. The zero-order valence-electron chi connectivity index (χ0n) is 7.16. The second-order valence-corrected chi connectivity index (χ2v) is 3.36. The molecule has 0 aliphatic heterocycles. The molecule has 1 atom stereocenters. The summed E-state index contributed by atoms with van der Waals surface area (Å²) in [5.74, 6) is 0.743. The van der Waals surface area contributed by atoms with E-state index in [4.69, 9.17) is 0 Å². The predicted molar refractivity (Wildman–Crippen MR) is 50.7 cm³/mol. The molecule has 1 aromatic carbocycles. The third-order valence-electron chi connectivity index (χ3n) is 2.35. The Kier molecular flexibility index (Phi) is 2.26. The van der Waals surface area contributed by atoms with Gasteiger partial charge in [-0.25, -0.2) is 0 Å². The molecule has 1 aliphatic rings. The fourth-order valence-corrected chi connectivity index (χ4v) is 1.68. The molecule has 0 amide bonds. The standard InChI is InChI=1S/C12H13/c1-2-6-11(7-3-1)10-12-8-4-5-9-12/h1-3,6-7,9,12H,4,8,10H2. The Morgan fingerprint density at radius 1 is 1.25 bits per heavy atom. The zero-order chi connectivity index (χ0) is 8.23. The third-order valence-corrected chi connectivity index (χ3v) is 2.35. The molecule has 0 saturated carbocycles. The summed E-state index contributed by atoms with van der Waals surface area (Å²) in [6.07, 6.45) is 9.12. The van der Waals surface area contributed by atoms with Crippen LogP contribution in [0, 0.1) is 12.0 Å². The minimum absolute atomic E-state index is 0.743. The van der Waals surface area contributed by atoms with Crippen molar-refractivity contribution in [1.29, 1.82) is 0 Å². The van der Waals surface area contributed by atoms with Gasteiger partial charge in [0, 0.05) is 0 Å². The highest BCUT2D eigenvalue weighted by Gasteiger charge is 2.09. The summed E-state index contributed by atoms with van der Waals surface area (Å²) in [6, 6.07) is 10.7. The largest absolute Gasteiger partial charge is 0.0776 e. The maximum absolute atomic E-state index is 3.27. The van der Waals surface area contributed by atoms with Crippen molar-refractivity contribution in [3.05, 3.63) is 48.0 Å². The Bertz CT molecular complexity index is 259. The van der Waals surface area contributed by atoms with Crippen LogP contribution < -0.4 is 0 Å². The molecule has 0 N–H and O–H groups in total. The Morgan fingerprint density at radius 2 is 2.08 bits per heavy atom. The molecule has 1 unspecified atom stereocenters. The SMILES string of the molecule is [C]1=CC(Cc2ccccc2)CC1. The first-order valence-corrected chi connectivity index (χ1v) is 4.56. The van der Waals surface area contributed by atoms with Crippen molar-refractivity contribution in [3.8, 4) is 0 Å². The van der Waals surface area contributed by atoms with Crippen molar-refractivity contribution in [2.75, 3.05) is 0 Å². The molecular weight excluding hydrogens is 144 g/mol. The number of allylic oxidation sites excluding steroid dienone is 2. The monoisotopic (exact) mass is 157 g/mol. The number of hydrogen-bond donors (Lipinski definition) is 0. The van der Waals surface area contributed by atoms with E-state index >= 15 is 0 Å². The van der Waals surface area contributed by atoms with Crippen LogP contribution in [0.3, 0.4) is 0 Å². The van der Waals surface area contributed by atoms with Crippen LogP contribution in [0.25, 0.3) is 0 Å². The van der Waals surface area contributed by atoms with Crippen LogP contribution in [0.4, 0.5) is 0 Å². The Morgan fingerprint density at radius 3 is 2.75 bits per heavy atom. The van der Waals surface area contributed by atoms with E-state index in [-0.39, 0.29) is 0 Å². The van der Waals surface area contributed by atoms with E-state index < -0.39 is 0 Å². The van der Waals surface area contributed by atoms with Gasteiger partial charge in [0.25, 0.3) is 0 Å². The quantitative estimate of drug-likeness (QED) is 0.619. The van der Waals surface area contributed by atoms with E-state index in [0.29, 0.717) is 0 Å². The molecule has 0 bridgehead atoms. The van der Waals surface area contributed by atoms with Crippen LogP contribution in [0.5, 0.6) is 0 Å². The minimum Gasteiger partial charge on any atom is -0.0776 e. The van der Waals surface area contributed by atoms with E-state index in [0.717, 1.165) is 12.3 Å². The number of benzene rings is 1. The first-order chi connectivity index (χ1) is 5.95. The van der Waals surface area contributed by atoms with Gasteiger partial charge in [0.2, 0.25) is 0 Å². The molecule has 0 spiro atoms. The molecule has 0 nitrogen and oxygen atoms in total. The zero-order valence-corrected chi connectivity index (χ0v) is 7.16. The van der Waals surface area contributed by atoms with Crippen molar-refractivity contribution >= 4 is 0 Å². The average Bonchev–Trinajstić information content (AvgIpc) is 2.59. The summed E-state index contributed by atoms with van der Waals surface area (Å²) in [5.41, 5.74) is 1.45. The molecule has 1 radical (unpaired) electrons. The van der Waals surface area contributed by atoms with Gasteiger partial charge in [-0.2, -0.15) is 0 Å². The Balaban J connectivity index is 1.99. The van der Waals surface area contributed by atoms with Gasteiger partial charge in [0.05, 0.1) is 0 Å². The van der Waals surface area contributed by atoms with Gasteiger partial charge in [-0.3, -0.25) is 0 Å². The lowest BCUT2D eigenvalue weighted by Gasteiger charge is -2.06. The van der Waals surface area contributed by atoms with Crippen LogP contribution in [0.15, 0.2) is 36.4 Å². The summed E-state index contributed by atoms with van der Waals surface area (Å²) >= 11 is 0. The molecule has 0 heteroatoms. The minimum atomic E-state index is 0.743. The van der Waals surface area contributed by atoms with Gasteiger partial charge in [-0.15, -0.1) is 0 Å². The highest BCUT2D eigenvalue weighted by molar-refractivity contribution is 5.16. The molecule has 1 aliphatic carbocycles. The summed E-state index contributed by atoms with van der Waals surface area (Å²) in [7, 11) is 0. The predicted octanol–water partition coefficient (Wildman–Crippen LogP) is 3.00. The second kappa shape index (κ2) is 3.57. The highest BCUT2D eigenvalue weighted by atomic mass is 14.1. The molecule has 0 heterocycles. The van der Waals surface area contributed by atoms with E-state index in [1.165, 1.54) is 18.4 Å². The van der Waals surface area contributed by atoms with Gasteiger partial charge < -0.3 is 0 Å². The first kappa shape index (κ1) is 7.60. The van der Waals surface area contributed by atoms with E-state index in [2.05, 4.69) is 42.5 Å². The fraction of sp³-hybridized carbons (Fsp3) is 0.333. The molecule has 0 fully saturated rings. The van der Waals surface area contributed by atoms with E-state index in [1.807, 2.05) is 0 Å². The third kappa shape index (κ3) is 1.76. The Hall–Kier alpha value is -1.04. The van der Waals surface area contributed by atoms with Gasteiger partial charge in [-0.05, 0) is 36.8 Å². The number of rotatable bonds is 2. The molecule has 1 aromatic rings. The van der Waals surface area contributed by atoms with Gasteiger partial charge in [0.1, 0.15) is 0 Å². The Labute approximate surface area is 73.9 Å². The lowest BCUT2D eigenvalue weighted by Crippen LogP contribution is -1.96. The van der Waals surface area contributed by atoms with Crippen molar-refractivity contribution in [2.45, 2.75) is 19.3 Å². The molecule has 2 rings (SSSR count). The number of hydrogen-bond acceptors (Lipinski definition) is 0. The fourth-order valence-electron chi connectivity index (χ4n) is 1.68. The van der Waals surface area contributed by atoms with Crippen molar-refractivity contribution < 1.29 is 0 Å². The van der Waals surface area contributed by atoms with Crippen LogP contribution in [-0.4, -0.2) is 0 Å². The summed E-state index contributed by atoms with van der Waals surface area (Å²) in [5, 5.41) is 0. The maximum atomic E-state index is 3.27. The normalized spacial score (nSPS) is 21.5. The van der Waals surface area contributed by atoms with Crippen LogP contribution in [0.2, 0.25) is 0 Å². The van der Waals surface area contributed by atoms with Crippen molar-refractivity contribution in [3.63, 3.8) is 0 Å². The summed E-state index contributed by atoms with van der Waals surface area (Å²) in [4.78, 5) is 0. The van der Waals surface area contributed by atoms with Gasteiger partial charge >= 0.3 is 0 Å². The summed E-state index contributed by atoms with van der Waals surface area (Å²) in [6.45, 7) is 0. The lowest BCUT2D eigenvalue weighted by molar-refractivity contribution is 0.629. The molecule has 0 aromatic heterocycles. The lowest BCUT2D eigenvalue weighted by atomic mass is 9.99. The molecule has 0 saturated heterocycles. The van der Waals surface area contributed by atoms with E-state index in [1.54, 1.807) is 0 Å². The van der Waals surface area contributed by atoms with Crippen LogP contribution in [0.1, 0.15) is 18.4 Å². The smallest absolute Gasteiger partial charge is 0.0184 e. The first-order valence-electron chi connectivity index (χ1n) is 4.56. The van der Waals surface area contributed by atoms with Gasteiger partial charge in [-0.1, -0.05) is 36.4 Å². The maximum Gasteiger partial charge on any atom is -0.0184 e. The average molecular weight is 157 g/mol. The van der Waals surface area contributed by atoms with Crippen molar-refractivity contribution in [2.24, 2.45) is 5.92 Å². The highest BCUT2D eigenvalue weighted by Crippen LogP contribution is 2.20. The van der Waals surface area contributed by atoms with E-state index in [9.17, 15) is 0 Å². The topological polar surface area (TPSA) is 0 Å². The van der Waals surface area contributed by atoms with Gasteiger partial charge in [0.15, 0.2) is 0 Å². The van der Waals surface area contributed by atoms with Crippen LogP contribution >= 0.6 is 0 Å². The molecule has 61 valence electrons. The van der Waals surface area contributed by atoms with Crippen LogP contribution in [-0.2, 0) is 6.42 Å². The van der Waals surface area contributed by atoms with Crippen molar-refractivity contribution in [1.82, 2.24) is 0 Å². The molecule has 12 heavy (non-hydrogen) atoms.